The zero-order chi connectivity index (χ0) is 12.3. The fourth-order valence-corrected chi connectivity index (χ4v) is 1.69. The summed E-state index contributed by atoms with van der Waals surface area (Å²) in [5.74, 6) is -1.78. The molecule has 0 spiro atoms. The minimum Gasteiger partial charge on any atom is -0.463 e. The molecule has 0 radical (unpaired) electrons. The van der Waals surface area contributed by atoms with Crippen molar-refractivity contribution in [2.75, 3.05) is 13.4 Å². The first-order valence-corrected chi connectivity index (χ1v) is 6.18. The second kappa shape index (κ2) is 4.44. The van der Waals surface area contributed by atoms with Crippen LogP contribution < -0.4 is 0 Å². The van der Waals surface area contributed by atoms with Crippen LogP contribution in [0.4, 0.5) is 0 Å². The van der Waals surface area contributed by atoms with Gasteiger partial charge in [0.2, 0.25) is 0 Å². The number of ketones is 1. The van der Waals surface area contributed by atoms with Crippen LogP contribution in [0.3, 0.4) is 0 Å². The van der Waals surface area contributed by atoms with Crippen molar-refractivity contribution in [3.63, 3.8) is 0 Å². The van der Waals surface area contributed by atoms with Gasteiger partial charge in [-0.2, -0.15) is 0 Å². The Hall–Kier alpha value is -1.69. The number of esters is 1. The second-order valence-corrected chi connectivity index (χ2v) is 5.13. The van der Waals surface area contributed by atoms with Crippen molar-refractivity contribution in [3.8, 4) is 0 Å². The van der Waals surface area contributed by atoms with E-state index in [0.717, 1.165) is 13.4 Å². The lowest BCUT2D eigenvalue weighted by molar-refractivity contribution is -0.135. The minimum absolute atomic E-state index is 0.0916. The SMILES string of the molecule is COC(=O)C(=O)c1ccc(S(C)(=O)=O)cc1. The Kier molecular flexibility index (Phi) is 3.44. The van der Waals surface area contributed by atoms with Crippen LogP contribution in [-0.2, 0) is 19.4 Å². The van der Waals surface area contributed by atoms with Crippen molar-refractivity contribution in [2.24, 2.45) is 0 Å². The van der Waals surface area contributed by atoms with Crippen LogP contribution in [0.25, 0.3) is 0 Å². The summed E-state index contributed by atoms with van der Waals surface area (Å²) >= 11 is 0. The Morgan fingerprint density at radius 1 is 1.12 bits per heavy atom. The number of Topliss-reactive ketones (excluding diaryl/α,β-unsaturated/α-hetero) is 1. The number of methoxy groups -OCH3 is 1. The molecular formula is C10H10O5S. The molecule has 0 atom stereocenters. The van der Waals surface area contributed by atoms with Crippen molar-refractivity contribution in [2.45, 2.75) is 4.90 Å². The van der Waals surface area contributed by atoms with Gasteiger partial charge < -0.3 is 4.74 Å². The predicted octanol–water partition coefficient (Wildman–Crippen LogP) is 0.446. The van der Waals surface area contributed by atoms with E-state index >= 15 is 0 Å². The summed E-state index contributed by atoms with van der Waals surface area (Å²) in [4.78, 5) is 22.3. The summed E-state index contributed by atoms with van der Waals surface area (Å²) in [7, 11) is -2.20. The molecule has 0 aliphatic heterocycles. The number of sulfone groups is 1. The highest BCUT2D eigenvalue weighted by molar-refractivity contribution is 7.90. The molecule has 1 rings (SSSR count). The molecule has 0 aromatic heterocycles. The van der Waals surface area contributed by atoms with Crippen molar-refractivity contribution < 1.29 is 22.7 Å². The average molecular weight is 242 g/mol. The number of hydrogen-bond acceptors (Lipinski definition) is 5. The van der Waals surface area contributed by atoms with Crippen LogP contribution in [0, 0.1) is 0 Å². The maximum atomic E-state index is 11.3. The van der Waals surface area contributed by atoms with E-state index in [2.05, 4.69) is 4.74 Å². The van der Waals surface area contributed by atoms with Gasteiger partial charge in [0.15, 0.2) is 9.84 Å². The normalized spacial score (nSPS) is 10.9. The van der Waals surface area contributed by atoms with Gasteiger partial charge in [-0.25, -0.2) is 13.2 Å². The standard InChI is InChI=1S/C10H10O5S/c1-15-10(12)9(11)7-3-5-8(6-4-7)16(2,13)14/h3-6H,1-2H3. The number of hydrogen-bond donors (Lipinski definition) is 0. The Morgan fingerprint density at radius 3 is 2.00 bits per heavy atom. The molecule has 6 heteroatoms. The van der Waals surface area contributed by atoms with E-state index in [9.17, 15) is 18.0 Å². The number of rotatable bonds is 3. The number of carbonyl (C=O) groups excluding carboxylic acids is 2. The molecule has 16 heavy (non-hydrogen) atoms. The molecule has 0 fully saturated rings. The quantitative estimate of drug-likeness (QED) is 0.437. The van der Waals surface area contributed by atoms with Crippen molar-refractivity contribution >= 4 is 21.6 Å². The third-order valence-electron chi connectivity index (χ3n) is 1.92. The van der Waals surface area contributed by atoms with Crippen LogP contribution in [0.15, 0.2) is 29.2 Å². The van der Waals surface area contributed by atoms with Gasteiger partial charge >= 0.3 is 5.97 Å². The van der Waals surface area contributed by atoms with Crippen LogP contribution >= 0.6 is 0 Å². The second-order valence-electron chi connectivity index (χ2n) is 3.12. The molecule has 0 heterocycles. The molecule has 0 saturated heterocycles. The third kappa shape index (κ3) is 2.66. The fourth-order valence-electron chi connectivity index (χ4n) is 1.06. The van der Waals surface area contributed by atoms with E-state index in [4.69, 9.17) is 0 Å². The first kappa shape index (κ1) is 12.4. The smallest absolute Gasteiger partial charge is 0.379 e. The molecule has 0 aliphatic carbocycles. The molecule has 0 saturated carbocycles. The lowest BCUT2D eigenvalue weighted by Gasteiger charge is -2.00. The van der Waals surface area contributed by atoms with Crippen LogP contribution in [0.5, 0.6) is 0 Å². The molecule has 0 amide bonds. The van der Waals surface area contributed by atoms with Gasteiger partial charge in [-0.05, 0) is 24.3 Å². The van der Waals surface area contributed by atoms with Crippen molar-refractivity contribution in [1.29, 1.82) is 0 Å². The largest absolute Gasteiger partial charge is 0.463 e. The number of carbonyl (C=O) groups is 2. The number of benzene rings is 1. The maximum absolute atomic E-state index is 11.3. The van der Waals surface area contributed by atoms with Gasteiger partial charge in [0.1, 0.15) is 0 Å². The summed E-state index contributed by atoms with van der Waals surface area (Å²) < 4.78 is 26.5. The van der Waals surface area contributed by atoms with Crippen LogP contribution in [0.2, 0.25) is 0 Å². The first-order chi connectivity index (χ1) is 7.36. The molecular weight excluding hydrogens is 232 g/mol. The first-order valence-electron chi connectivity index (χ1n) is 4.29. The van der Waals surface area contributed by atoms with E-state index in [0.29, 0.717) is 0 Å². The molecule has 1 aromatic carbocycles. The maximum Gasteiger partial charge on any atom is 0.379 e. The van der Waals surface area contributed by atoms with Crippen LogP contribution in [-0.4, -0.2) is 33.5 Å². The highest BCUT2D eigenvalue weighted by atomic mass is 32.2. The van der Waals surface area contributed by atoms with E-state index in [1.165, 1.54) is 24.3 Å². The monoisotopic (exact) mass is 242 g/mol. The lowest BCUT2D eigenvalue weighted by Crippen LogP contribution is -2.15. The zero-order valence-electron chi connectivity index (χ0n) is 8.76. The van der Waals surface area contributed by atoms with E-state index in [1.54, 1.807) is 0 Å². The zero-order valence-corrected chi connectivity index (χ0v) is 9.58. The summed E-state index contributed by atoms with van der Waals surface area (Å²) in [5, 5.41) is 0. The molecule has 1 aromatic rings. The fraction of sp³-hybridized carbons (Fsp3) is 0.200. The van der Waals surface area contributed by atoms with Gasteiger partial charge in [-0.1, -0.05) is 0 Å². The van der Waals surface area contributed by atoms with Gasteiger partial charge in [0.25, 0.3) is 5.78 Å². The lowest BCUT2D eigenvalue weighted by atomic mass is 10.1. The molecule has 0 bridgehead atoms. The van der Waals surface area contributed by atoms with E-state index < -0.39 is 21.6 Å². The van der Waals surface area contributed by atoms with E-state index in [-0.39, 0.29) is 10.5 Å². The third-order valence-corrected chi connectivity index (χ3v) is 3.04. The Balaban J connectivity index is 3.05. The number of ether oxygens (including phenoxy) is 1. The molecule has 0 unspecified atom stereocenters. The highest BCUT2D eigenvalue weighted by Crippen LogP contribution is 2.11. The Labute approximate surface area is 93.0 Å². The highest BCUT2D eigenvalue weighted by Gasteiger charge is 2.17. The summed E-state index contributed by atoms with van der Waals surface area (Å²) in [6, 6.07) is 5.09. The van der Waals surface area contributed by atoms with E-state index in [1.807, 2.05) is 0 Å². The summed E-state index contributed by atoms with van der Waals surface area (Å²) in [6.07, 6.45) is 1.06. The van der Waals surface area contributed by atoms with Gasteiger partial charge in [-0.3, -0.25) is 4.79 Å². The van der Waals surface area contributed by atoms with Crippen molar-refractivity contribution in [3.05, 3.63) is 29.8 Å². The van der Waals surface area contributed by atoms with Gasteiger partial charge in [0.05, 0.1) is 12.0 Å². The molecule has 86 valence electrons. The van der Waals surface area contributed by atoms with Crippen LogP contribution in [0.1, 0.15) is 10.4 Å². The molecule has 5 nitrogen and oxygen atoms in total. The topological polar surface area (TPSA) is 77.5 Å². The Bertz CT molecular complexity index is 513. The average Bonchev–Trinajstić information content (AvgIpc) is 2.26. The molecule has 0 N–H and O–H groups in total. The minimum atomic E-state index is -3.30. The summed E-state index contributed by atoms with van der Waals surface area (Å²) in [6.45, 7) is 0. The molecule has 0 aliphatic rings. The summed E-state index contributed by atoms with van der Waals surface area (Å²) in [5.41, 5.74) is 0.0965. The Morgan fingerprint density at radius 2 is 1.62 bits per heavy atom. The predicted molar refractivity (Wildman–Crippen MR) is 55.9 cm³/mol. The van der Waals surface area contributed by atoms with Crippen molar-refractivity contribution in [1.82, 2.24) is 0 Å². The van der Waals surface area contributed by atoms with Gasteiger partial charge in [-0.15, -0.1) is 0 Å². The van der Waals surface area contributed by atoms with Gasteiger partial charge in [0, 0.05) is 11.8 Å².